The largest absolute Gasteiger partial charge is 0.465 e. The number of aromatic nitrogens is 2. The molecule has 1 N–H and O–H groups in total. The molecular weight excluding hydrogens is 266 g/mol. The van der Waals surface area contributed by atoms with E-state index >= 15 is 0 Å². The number of esters is 1. The van der Waals surface area contributed by atoms with Crippen molar-refractivity contribution in [3.05, 3.63) is 30.5 Å². The highest BCUT2D eigenvalue weighted by Gasteiger charge is 2.51. The molecule has 5 heteroatoms. The quantitative estimate of drug-likeness (QED) is 0.825. The number of nitrogens with one attached hydrogen (secondary N) is 1. The lowest BCUT2D eigenvalue weighted by Gasteiger charge is -2.31. The molecule has 1 aliphatic carbocycles. The number of carbonyl (C=O) groups excluding carboxylic acids is 1. The van der Waals surface area contributed by atoms with Crippen LogP contribution in [0.4, 0.5) is 0 Å². The van der Waals surface area contributed by atoms with Gasteiger partial charge in [-0.05, 0) is 38.8 Å². The Balaban J connectivity index is 1.96. The summed E-state index contributed by atoms with van der Waals surface area (Å²) in [7, 11) is 1.83. The summed E-state index contributed by atoms with van der Waals surface area (Å²) < 4.78 is 7.22. The van der Waals surface area contributed by atoms with Gasteiger partial charge >= 0.3 is 5.97 Å². The van der Waals surface area contributed by atoms with E-state index in [2.05, 4.69) is 10.4 Å². The lowest BCUT2D eigenvalue weighted by molar-refractivity contribution is -0.153. The standard InChI is InChI=1S/C16H21N3O2/c1-3-21-15(20)16(17-2,13-8-9-13)11-19-14-7-5-4-6-12(14)10-18-19/h4-7,10,13,17H,3,8-9,11H2,1-2H3. The molecule has 5 nitrogen and oxygen atoms in total. The number of para-hydroxylation sites is 1. The lowest BCUT2D eigenvalue weighted by atomic mass is 9.93. The van der Waals surface area contributed by atoms with Gasteiger partial charge in [0, 0.05) is 5.39 Å². The first kappa shape index (κ1) is 14.1. The number of benzene rings is 1. The van der Waals surface area contributed by atoms with Crippen molar-refractivity contribution in [1.29, 1.82) is 0 Å². The van der Waals surface area contributed by atoms with E-state index < -0.39 is 5.54 Å². The van der Waals surface area contributed by atoms with Crippen molar-refractivity contribution >= 4 is 16.9 Å². The van der Waals surface area contributed by atoms with Gasteiger partial charge in [-0.3, -0.25) is 4.68 Å². The van der Waals surface area contributed by atoms with Crippen LogP contribution < -0.4 is 5.32 Å². The molecule has 0 aliphatic heterocycles. The minimum atomic E-state index is -0.676. The molecule has 1 aliphatic rings. The number of hydrogen-bond donors (Lipinski definition) is 1. The van der Waals surface area contributed by atoms with Gasteiger partial charge in [-0.1, -0.05) is 18.2 Å². The predicted molar refractivity (Wildman–Crippen MR) is 80.9 cm³/mol. The molecule has 112 valence electrons. The number of carbonyl (C=O) groups is 1. The summed E-state index contributed by atoms with van der Waals surface area (Å²) in [6, 6.07) is 8.04. The van der Waals surface area contributed by atoms with Gasteiger partial charge in [0.15, 0.2) is 0 Å². The van der Waals surface area contributed by atoms with Crippen LogP contribution in [-0.4, -0.2) is 34.9 Å². The molecule has 0 saturated heterocycles. The number of likely N-dealkylation sites (N-methyl/N-ethyl adjacent to an activating group) is 1. The highest BCUT2D eigenvalue weighted by atomic mass is 16.5. The molecule has 0 bridgehead atoms. The van der Waals surface area contributed by atoms with Gasteiger partial charge in [0.2, 0.25) is 0 Å². The Hall–Kier alpha value is -1.88. The molecule has 1 atom stereocenters. The minimum Gasteiger partial charge on any atom is -0.465 e. The van der Waals surface area contributed by atoms with E-state index in [9.17, 15) is 4.79 Å². The van der Waals surface area contributed by atoms with Gasteiger partial charge in [0.25, 0.3) is 0 Å². The molecule has 21 heavy (non-hydrogen) atoms. The highest BCUT2D eigenvalue weighted by Crippen LogP contribution is 2.41. The Morgan fingerprint density at radius 2 is 2.24 bits per heavy atom. The molecule has 1 aromatic heterocycles. The molecule has 1 fully saturated rings. The van der Waals surface area contributed by atoms with E-state index in [1.807, 2.05) is 49.1 Å². The maximum atomic E-state index is 12.5. The van der Waals surface area contributed by atoms with Crippen LogP contribution in [0.25, 0.3) is 10.9 Å². The topological polar surface area (TPSA) is 56.2 Å². The van der Waals surface area contributed by atoms with Crippen LogP contribution in [0.5, 0.6) is 0 Å². The van der Waals surface area contributed by atoms with E-state index in [0.717, 1.165) is 23.7 Å². The summed E-state index contributed by atoms with van der Waals surface area (Å²) in [5.41, 5.74) is 0.368. The number of nitrogens with zero attached hydrogens (tertiary/aromatic N) is 2. The van der Waals surface area contributed by atoms with Crippen LogP contribution in [-0.2, 0) is 16.1 Å². The van der Waals surface area contributed by atoms with Crippen molar-refractivity contribution in [2.75, 3.05) is 13.7 Å². The molecule has 1 aromatic carbocycles. The molecule has 0 spiro atoms. The number of ether oxygens (including phenoxy) is 1. The van der Waals surface area contributed by atoms with Gasteiger partial charge in [-0.2, -0.15) is 5.10 Å². The number of rotatable bonds is 6. The van der Waals surface area contributed by atoms with Crippen LogP contribution in [0.1, 0.15) is 19.8 Å². The van der Waals surface area contributed by atoms with Crippen LogP contribution in [0.3, 0.4) is 0 Å². The van der Waals surface area contributed by atoms with Crippen LogP contribution in [0.2, 0.25) is 0 Å². The van der Waals surface area contributed by atoms with Gasteiger partial charge in [-0.15, -0.1) is 0 Å². The van der Waals surface area contributed by atoms with Crippen molar-refractivity contribution in [1.82, 2.24) is 15.1 Å². The smallest absolute Gasteiger partial charge is 0.328 e. The van der Waals surface area contributed by atoms with Crippen LogP contribution in [0.15, 0.2) is 30.5 Å². The van der Waals surface area contributed by atoms with E-state index in [0.29, 0.717) is 19.1 Å². The third kappa shape index (κ3) is 2.42. The average molecular weight is 287 g/mol. The highest BCUT2D eigenvalue weighted by molar-refractivity contribution is 5.83. The van der Waals surface area contributed by atoms with Crippen molar-refractivity contribution < 1.29 is 9.53 Å². The van der Waals surface area contributed by atoms with Gasteiger partial charge in [-0.25, -0.2) is 4.79 Å². The third-order valence-electron chi connectivity index (χ3n) is 4.31. The van der Waals surface area contributed by atoms with Crippen LogP contribution >= 0.6 is 0 Å². The second-order valence-electron chi connectivity index (χ2n) is 5.58. The zero-order chi connectivity index (χ0) is 14.9. The Bertz CT molecular complexity index is 648. The maximum absolute atomic E-state index is 12.5. The van der Waals surface area contributed by atoms with E-state index in [1.165, 1.54) is 0 Å². The molecule has 1 unspecified atom stereocenters. The van der Waals surface area contributed by atoms with Gasteiger partial charge < -0.3 is 10.1 Å². The SMILES string of the molecule is CCOC(=O)C(Cn1ncc2ccccc21)(NC)C1CC1. The normalized spacial score (nSPS) is 17.6. The molecule has 0 radical (unpaired) electrons. The molecule has 3 rings (SSSR count). The first-order chi connectivity index (χ1) is 10.2. The van der Waals surface area contributed by atoms with Crippen LogP contribution in [0, 0.1) is 5.92 Å². The second-order valence-corrected chi connectivity index (χ2v) is 5.58. The fourth-order valence-electron chi connectivity index (χ4n) is 2.97. The van der Waals surface area contributed by atoms with Gasteiger partial charge in [0.1, 0.15) is 5.54 Å². The summed E-state index contributed by atoms with van der Waals surface area (Å²) >= 11 is 0. The number of hydrogen-bond acceptors (Lipinski definition) is 4. The molecule has 1 heterocycles. The summed E-state index contributed by atoms with van der Waals surface area (Å²) in [6.07, 6.45) is 3.95. The fourth-order valence-corrected chi connectivity index (χ4v) is 2.97. The molecule has 2 aromatic rings. The van der Waals surface area contributed by atoms with E-state index in [-0.39, 0.29) is 5.97 Å². The van der Waals surface area contributed by atoms with Crippen molar-refractivity contribution in [2.24, 2.45) is 5.92 Å². The third-order valence-corrected chi connectivity index (χ3v) is 4.31. The summed E-state index contributed by atoms with van der Waals surface area (Å²) in [6.45, 7) is 2.74. The Labute approximate surface area is 124 Å². The zero-order valence-corrected chi connectivity index (χ0v) is 12.5. The maximum Gasteiger partial charge on any atom is 0.328 e. The summed E-state index contributed by atoms with van der Waals surface area (Å²) in [4.78, 5) is 12.5. The lowest BCUT2D eigenvalue weighted by Crippen LogP contribution is -2.56. The minimum absolute atomic E-state index is 0.172. The van der Waals surface area contributed by atoms with E-state index in [4.69, 9.17) is 4.74 Å². The first-order valence-electron chi connectivity index (χ1n) is 7.48. The molecular formula is C16H21N3O2. The zero-order valence-electron chi connectivity index (χ0n) is 12.5. The number of fused-ring (bicyclic) bond motifs is 1. The first-order valence-corrected chi connectivity index (χ1v) is 7.48. The van der Waals surface area contributed by atoms with Crippen molar-refractivity contribution in [2.45, 2.75) is 31.8 Å². The van der Waals surface area contributed by atoms with E-state index in [1.54, 1.807) is 0 Å². The van der Waals surface area contributed by atoms with Crippen molar-refractivity contribution in [3.63, 3.8) is 0 Å². The van der Waals surface area contributed by atoms with Crippen molar-refractivity contribution in [3.8, 4) is 0 Å². The molecule has 1 saturated carbocycles. The van der Waals surface area contributed by atoms with Gasteiger partial charge in [0.05, 0.1) is 24.9 Å². The summed E-state index contributed by atoms with van der Waals surface area (Å²) in [5, 5.41) is 8.76. The Morgan fingerprint density at radius 3 is 2.90 bits per heavy atom. The monoisotopic (exact) mass is 287 g/mol. The Kier molecular flexibility index (Phi) is 3.68. The predicted octanol–water partition coefficient (Wildman–Crippen LogP) is 1.97. The summed E-state index contributed by atoms with van der Waals surface area (Å²) in [5.74, 6) is 0.152. The fraction of sp³-hybridized carbons (Fsp3) is 0.500. The molecule has 0 amide bonds. The second kappa shape index (κ2) is 5.48. The average Bonchev–Trinajstić information content (AvgIpc) is 3.28. The Morgan fingerprint density at radius 1 is 1.48 bits per heavy atom.